The highest BCUT2D eigenvalue weighted by Crippen LogP contribution is 2.19. The maximum Gasteiger partial charge on any atom is 0.225 e. The molecule has 1 saturated heterocycles. The lowest BCUT2D eigenvalue weighted by Gasteiger charge is -2.15. The first-order chi connectivity index (χ1) is 11.7. The third kappa shape index (κ3) is 4.80. The third-order valence-electron chi connectivity index (χ3n) is 4.33. The van der Waals surface area contributed by atoms with Crippen molar-refractivity contribution < 1.29 is 4.79 Å². The lowest BCUT2D eigenvalue weighted by atomic mass is 10.1. The lowest BCUT2D eigenvalue weighted by Crippen LogP contribution is -2.25. The van der Waals surface area contributed by atoms with Gasteiger partial charge in [0.25, 0.3) is 0 Å². The summed E-state index contributed by atoms with van der Waals surface area (Å²) in [7, 11) is 0. The number of rotatable bonds is 6. The molecule has 126 valence electrons. The molecule has 5 nitrogen and oxygen atoms in total. The van der Waals surface area contributed by atoms with Gasteiger partial charge in [0.15, 0.2) is 0 Å². The van der Waals surface area contributed by atoms with Gasteiger partial charge in [-0.05, 0) is 49.6 Å². The summed E-state index contributed by atoms with van der Waals surface area (Å²) in [6.07, 6.45) is 9.51. The number of imidazole rings is 1. The van der Waals surface area contributed by atoms with Crippen LogP contribution >= 0.6 is 0 Å². The van der Waals surface area contributed by atoms with Gasteiger partial charge >= 0.3 is 0 Å². The Bertz CT molecular complexity index is 693. The summed E-state index contributed by atoms with van der Waals surface area (Å²) in [6, 6.07) is 7.90. The van der Waals surface area contributed by atoms with Crippen molar-refractivity contribution in [1.29, 1.82) is 0 Å². The van der Waals surface area contributed by atoms with E-state index in [-0.39, 0.29) is 5.91 Å². The van der Waals surface area contributed by atoms with E-state index in [9.17, 15) is 4.79 Å². The van der Waals surface area contributed by atoms with Crippen LogP contribution in [0.25, 0.3) is 6.08 Å². The number of H-pyrrole nitrogens is 1. The van der Waals surface area contributed by atoms with Gasteiger partial charge < -0.3 is 15.2 Å². The molecule has 24 heavy (non-hydrogen) atoms. The van der Waals surface area contributed by atoms with Gasteiger partial charge in [0.05, 0.1) is 18.2 Å². The molecule has 3 rings (SSSR count). The van der Waals surface area contributed by atoms with Crippen molar-refractivity contribution in [2.24, 2.45) is 5.92 Å². The predicted molar refractivity (Wildman–Crippen MR) is 96.6 cm³/mol. The average Bonchev–Trinajstić information content (AvgIpc) is 3.23. The first-order valence-electron chi connectivity index (χ1n) is 8.44. The molecule has 2 N–H and O–H groups in total. The normalized spacial score (nSPS) is 18.3. The fourth-order valence-electron chi connectivity index (χ4n) is 3.03. The van der Waals surface area contributed by atoms with E-state index in [0.717, 1.165) is 43.0 Å². The standard InChI is InChI=1S/C19H24N4O/c1-15-3-2-4-17(11-15)22-19(24)8-10-23-9-7-16(13-23)5-6-18-12-20-14-21-18/h2-6,11-12,14,16H,7-10,13H2,1H3,(H,20,21)(H,22,24)/b6-5+. The van der Waals surface area contributed by atoms with E-state index in [1.165, 1.54) is 0 Å². The number of anilines is 1. The Kier molecular flexibility index (Phi) is 5.43. The number of benzene rings is 1. The van der Waals surface area contributed by atoms with Crippen molar-refractivity contribution in [3.05, 3.63) is 54.1 Å². The van der Waals surface area contributed by atoms with Crippen molar-refractivity contribution in [3.63, 3.8) is 0 Å². The molecule has 1 fully saturated rings. The minimum Gasteiger partial charge on any atom is -0.345 e. The summed E-state index contributed by atoms with van der Waals surface area (Å²) in [5.41, 5.74) is 3.06. The lowest BCUT2D eigenvalue weighted by molar-refractivity contribution is -0.116. The maximum absolute atomic E-state index is 12.1. The molecule has 1 unspecified atom stereocenters. The summed E-state index contributed by atoms with van der Waals surface area (Å²) in [5, 5.41) is 2.97. The highest BCUT2D eigenvalue weighted by atomic mass is 16.1. The molecule has 1 aliphatic heterocycles. The van der Waals surface area contributed by atoms with E-state index in [2.05, 4.69) is 32.3 Å². The predicted octanol–water partition coefficient (Wildman–Crippen LogP) is 3.08. The van der Waals surface area contributed by atoms with Crippen molar-refractivity contribution in [1.82, 2.24) is 14.9 Å². The summed E-state index contributed by atoms with van der Waals surface area (Å²) in [4.78, 5) is 21.5. The Hall–Kier alpha value is -2.40. The van der Waals surface area contributed by atoms with Gasteiger partial charge in [-0.1, -0.05) is 18.2 Å². The average molecular weight is 324 g/mol. The molecule has 1 aromatic heterocycles. The fourth-order valence-corrected chi connectivity index (χ4v) is 3.03. The van der Waals surface area contributed by atoms with E-state index in [0.29, 0.717) is 12.3 Å². The minimum atomic E-state index is 0.0806. The van der Waals surface area contributed by atoms with Crippen molar-refractivity contribution >= 4 is 17.7 Å². The van der Waals surface area contributed by atoms with E-state index >= 15 is 0 Å². The topological polar surface area (TPSA) is 61.0 Å². The van der Waals surface area contributed by atoms with Gasteiger partial charge in [0.1, 0.15) is 0 Å². The monoisotopic (exact) mass is 324 g/mol. The molecule has 0 aliphatic carbocycles. The molecule has 2 heterocycles. The minimum absolute atomic E-state index is 0.0806. The van der Waals surface area contributed by atoms with Gasteiger partial charge in [0, 0.05) is 25.2 Å². The van der Waals surface area contributed by atoms with Crippen molar-refractivity contribution in [2.75, 3.05) is 25.0 Å². The van der Waals surface area contributed by atoms with E-state index in [4.69, 9.17) is 0 Å². The van der Waals surface area contributed by atoms with Gasteiger partial charge in [0.2, 0.25) is 5.91 Å². The number of hydrogen-bond acceptors (Lipinski definition) is 3. The Balaban J connectivity index is 1.40. The second-order valence-electron chi connectivity index (χ2n) is 6.38. The number of amides is 1. The zero-order valence-electron chi connectivity index (χ0n) is 14.0. The van der Waals surface area contributed by atoms with Crippen molar-refractivity contribution in [2.45, 2.75) is 19.8 Å². The molecule has 0 bridgehead atoms. The van der Waals surface area contributed by atoms with Crippen LogP contribution in [0.5, 0.6) is 0 Å². The van der Waals surface area contributed by atoms with Crippen LogP contribution < -0.4 is 5.32 Å². The number of aryl methyl sites for hydroxylation is 1. The smallest absolute Gasteiger partial charge is 0.225 e. The summed E-state index contributed by atoms with van der Waals surface area (Å²) in [5.74, 6) is 0.630. The van der Waals surface area contributed by atoms with E-state index < -0.39 is 0 Å². The van der Waals surface area contributed by atoms with Crippen molar-refractivity contribution in [3.8, 4) is 0 Å². The maximum atomic E-state index is 12.1. The molecule has 5 heteroatoms. The van der Waals surface area contributed by atoms with Gasteiger partial charge in [-0.15, -0.1) is 0 Å². The second kappa shape index (κ2) is 7.93. The summed E-state index contributed by atoms with van der Waals surface area (Å²) < 4.78 is 0. The van der Waals surface area contributed by atoms with E-state index in [1.54, 1.807) is 6.33 Å². The number of aromatic amines is 1. The van der Waals surface area contributed by atoms with Gasteiger partial charge in [-0.2, -0.15) is 0 Å². The van der Waals surface area contributed by atoms with Crippen LogP contribution in [0.3, 0.4) is 0 Å². The number of hydrogen-bond donors (Lipinski definition) is 2. The Morgan fingerprint density at radius 2 is 2.42 bits per heavy atom. The zero-order chi connectivity index (χ0) is 16.8. The quantitative estimate of drug-likeness (QED) is 0.858. The van der Waals surface area contributed by atoms with Crippen LogP contribution in [-0.4, -0.2) is 40.4 Å². The number of aromatic nitrogens is 2. The largest absolute Gasteiger partial charge is 0.345 e. The number of nitrogens with zero attached hydrogens (tertiary/aromatic N) is 2. The first kappa shape index (κ1) is 16.5. The zero-order valence-corrected chi connectivity index (χ0v) is 14.0. The molecule has 0 radical (unpaired) electrons. The third-order valence-corrected chi connectivity index (χ3v) is 4.33. The van der Waals surface area contributed by atoms with Gasteiger partial charge in [-0.3, -0.25) is 4.79 Å². The van der Waals surface area contributed by atoms with E-state index in [1.807, 2.05) is 37.4 Å². The van der Waals surface area contributed by atoms with Crippen LogP contribution in [0.15, 0.2) is 42.9 Å². The summed E-state index contributed by atoms with van der Waals surface area (Å²) in [6.45, 7) is 4.90. The molecule has 1 amide bonds. The Labute approximate surface area is 142 Å². The molecule has 0 spiro atoms. The Morgan fingerprint density at radius 1 is 1.50 bits per heavy atom. The number of carbonyl (C=O) groups excluding carboxylic acids is 1. The van der Waals surface area contributed by atoms with Crippen LogP contribution in [0, 0.1) is 12.8 Å². The Morgan fingerprint density at radius 3 is 3.21 bits per heavy atom. The van der Waals surface area contributed by atoms with Gasteiger partial charge in [-0.25, -0.2) is 4.98 Å². The number of likely N-dealkylation sites (tertiary alicyclic amines) is 1. The molecular formula is C19H24N4O. The molecule has 0 saturated carbocycles. The molecule has 2 aromatic rings. The summed E-state index contributed by atoms with van der Waals surface area (Å²) >= 11 is 0. The molecule has 1 aromatic carbocycles. The molecular weight excluding hydrogens is 300 g/mol. The molecule has 1 atom stereocenters. The second-order valence-corrected chi connectivity index (χ2v) is 6.38. The first-order valence-corrected chi connectivity index (χ1v) is 8.44. The van der Waals surface area contributed by atoms with Crippen LogP contribution in [0.1, 0.15) is 24.1 Å². The van der Waals surface area contributed by atoms with Crippen LogP contribution in [0.4, 0.5) is 5.69 Å². The highest BCUT2D eigenvalue weighted by molar-refractivity contribution is 5.90. The number of carbonyl (C=O) groups is 1. The van der Waals surface area contributed by atoms with Crippen LogP contribution in [-0.2, 0) is 4.79 Å². The molecule has 1 aliphatic rings. The SMILES string of the molecule is Cc1cccc(NC(=O)CCN2CCC(/C=C/c3cnc[nH]3)C2)c1. The highest BCUT2D eigenvalue weighted by Gasteiger charge is 2.20. The number of nitrogens with one attached hydrogen (secondary N) is 2. The fraction of sp³-hybridized carbons (Fsp3) is 0.368. The van der Waals surface area contributed by atoms with Crippen LogP contribution in [0.2, 0.25) is 0 Å².